The van der Waals surface area contributed by atoms with E-state index in [1.54, 1.807) is 19.1 Å². The van der Waals surface area contributed by atoms with Gasteiger partial charge in [0.2, 0.25) is 0 Å². The van der Waals surface area contributed by atoms with E-state index in [0.29, 0.717) is 11.3 Å². The minimum absolute atomic E-state index is 0.0783. The van der Waals surface area contributed by atoms with Crippen LogP contribution in [0.1, 0.15) is 37.8 Å². The van der Waals surface area contributed by atoms with Crippen LogP contribution in [0.5, 0.6) is 5.75 Å². The molecule has 9 nitrogen and oxygen atoms in total. The SMILES string of the molecule is CC1=CC(=O)[C@@H]2C[C@@H]3C(=CCn4c(=O)n(C)c(=O)n43)[C@H](c3ccc(OCCO)cc3)[C@]2(C)C1=O. The summed E-state index contributed by atoms with van der Waals surface area (Å²) >= 11 is 0. The number of rotatable bonds is 4. The van der Waals surface area contributed by atoms with Gasteiger partial charge in [-0.3, -0.25) is 9.59 Å². The fraction of sp³-hybridized carbons (Fsp3) is 0.440. The summed E-state index contributed by atoms with van der Waals surface area (Å²) in [5, 5.41) is 9.02. The van der Waals surface area contributed by atoms with Crippen molar-refractivity contribution in [2.24, 2.45) is 18.4 Å². The summed E-state index contributed by atoms with van der Waals surface area (Å²) in [5.41, 5.74) is 0.267. The predicted molar refractivity (Wildman–Crippen MR) is 123 cm³/mol. The van der Waals surface area contributed by atoms with Crippen molar-refractivity contribution in [2.75, 3.05) is 13.2 Å². The Bertz CT molecular complexity index is 1370. The second-order valence-electron chi connectivity index (χ2n) is 9.47. The molecule has 0 bridgehead atoms. The van der Waals surface area contributed by atoms with Gasteiger partial charge in [-0.05, 0) is 48.3 Å². The van der Waals surface area contributed by atoms with Crippen molar-refractivity contribution in [1.29, 1.82) is 0 Å². The number of ketones is 2. The van der Waals surface area contributed by atoms with Gasteiger partial charge in [0, 0.05) is 18.9 Å². The van der Waals surface area contributed by atoms with Crippen molar-refractivity contribution in [3.8, 4) is 5.75 Å². The Hall–Kier alpha value is -3.46. The van der Waals surface area contributed by atoms with E-state index in [2.05, 4.69) is 0 Å². The Balaban J connectivity index is 1.70. The third-order valence-corrected chi connectivity index (χ3v) is 7.67. The maximum atomic E-state index is 13.6. The zero-order valence-corrected chi connectivity index (χ0v) is 19.4. The molecule has 2 aromatic rings. The lowest BCUT2D eigenvalue weighted by Crippen LogP contribution is -2.54. The normalized spacial score (nSPS) is 27.9. The molecule has 1 N–H and O–H groups in total. The number of carbonyl (C=O) groups excluding carboxylic acids is 2. The monoisotopic (exact) mass is 465 g/mol. The van der Waals surface area contributed by atoms with E-state index in [1.807, 2.05) is 25.1 Å². The van der Waals surface area contributed by atoms with Crippen LogP contribution >= 0.6 is 0 Å². The number of aliphatic hydroxyl groups excluding tert-OH is 1. The fourth-order valence-corrected chi connectivity index (χ4v) is 6.07. The third kappa shape index (κ3) is 2.96. The highest BCUT2D eigenvalue weighted by Crippen LogP contribution is 2.59. The number of ether oxygens (including phenoxy) is 1. The molecule has 0 spiro atoms. The summed E-state index contributed by atoms with van der Waals surface area (Å²) in [7, 11) is 1.44. The Morgan fingerprint density at radius 2 is 1.82 bits per heavy atom. The molecular weight excluding hydrogens is 438 g/mol. The van der Waals surface area contributed by atoms with E-state index >= 15 is 0 Å². The van der Waals surface area contributed by atoms with Crippen LogP contribution in [0.15, 0.2) is 57.2 Å². The van der Waals surface area contributed by atoms with Gasteiger partial charge in [0.05, 0.1) is 24.6 Å². The number of Topliss-reactive ketones (excluding diaryl/α,β-unsaturated/α-hetero) is 1. The Labute approximate surface area is 195 Å². The van der Waals surface area contributed by atoms with Crippen molar-refractivity contribution in [3.05, 3.63) is 74.1 Å². The van der Waals surface area contributed by atoms with Crippen molar-refractivity contribution in [3.63, 3.8) is 0 Å². The van der Waals surface area contributed by atoms with Gasteiger partial charge in [-0.1, -0.05) is 25.1 Å². The number of nitrogens with zero attached hydrogens (tertiary/aromatic N) is 3. The van der Waals surface area contributed by atoms with Gasteiger partial charge < -0.3 is 9.84 Å². The zero-order valence-electron chi connectivity index (χ0n) is 19.4. The summed E-state index contributed by atoms with van der Waals surface area (Å²) in [4.78, 5) is 52.5. The summed E-state index contributed by atoms with van der Waals surface area (Å²) in [6.45, 7) is 3.80. The van der Waals surface area contributed by atoms with Crippen LogP contribution in [-0.4, -0.2) is 43.8 Å². The maximum absolute atomic E-state index is 13.6. The number of hydrogen-bond donors (Lipinski definition) is 1. The molecule has 1 aliphatic heterocycles. The number of hydrogen-bond acceptors (Lipinski definition) is 6. The van der Waals surface area contributed by atoms with Gasteiger partial charge in [0.15, 0.2) is 11.6 Å². The molecule has 4 atom stereocenters. The highest BCUT2D eigenvalue weighted by atomic mass is 16.5. The average Bonchev–Trinajstić information content (AvgIpc) is 3.05. The van der Waals surface area contributed by atoms with Gasteiger partial charge >= 0.3 is 11.4 Å². The number of fused-ring (bicyclic) bond motifs is 4. The minimum Gasteiger partial charge on any atom is -0.491 e. The van der Waals surface area contributed by atoms with E-state index < -0.39 is 34.7 Å². The molecule has 1 fully saturated rings. The average molecular weight is 466 g/mol. The highest BCUT2D eigenvalue weighted by Gasteiger charge is 2.59. The quantitative estimate of drug-likeness (QED) is 0.677. The lowest BCUT2D eigenvalue weighted by atomic mass is 9.51. The van der Waals surface area contributed by atoms with Gasteiger partial charge in [0.1, 0.15) is 12.4 Å². The first-order valence-corrected chi connectivity index (χ1v) is 11.4. The molecule has 0 unspecified atom stereocenters. The second-order valence-corrected chi connectivity index (χ2v) is 9.47. The van der Waals surface area contributed by atoms with Crippen LogP contribution in [0.4, 0.5) is 0 Å². The first-order chi connectivity index (χ1) is 16.2. The summed E-state index contributed by atoms with van der Waals surface area (Å²) in [6, 6.07) is 6.78. The largest absolute Gasteiger partial charge is 0.491 e. The van der Waals surface area contributed by atoms with E-state index in [4.69, 9.17) is 9.84 Å². The molecule has 1 aromatic heterocycles. The molecule has 0 saturated heterocycles. The lowest BCUT2D eigenvalue weighted by Gasteiger charge is -2.52. The van der Waals surface area contributed by atoms with Crippen LogP contribution in [0, 0.1) is 11.3 Å². The van der Waals surface area contributed by atoms with Crippen LogP contribution in [0.2, 0.25) is 0 Å². The Kier molecular flexibility index (Phi) is 5.12. The molecule has 178 valence electrons. The topological polar surface area (TPSA) is 113 Å². The minimum atomic E-state index is -1.02. The fourth-order valence-electron chi connectivity index (χ4n) is 6.07. The standard InChI is InChI=1S/C25H27N3O6/c1-14-12-20(30)18-13-19-17(8-9-27-23(32)26(3)24(33)28(19)27)21(25(18,2)22(14)31)15-4-6-16(7-5-15)34-11-10-29/h4-8,12,18-19,21,29H,9-11,13H2,1-3H3/t18-,19+,21-,25+/m0/s1. The molecule has 2 aliphatic carbocycles. The van der Waals surface area contributed by atoms with Crippen molar-refractivity contribution < 1.29 is 19.4 Å². The Morgan fingerprint density at radius 3 is 2.50 bits per heavy atom. The van der Waals surface area contributed by atoms with E-state index in [-0.39, 0.29) is 37.7 Å². The molecule has 1 aromatic carbocycles. The van der Waals surface area contributed by atoms with E-state index in [9.17, 15) is 19.2 Å². The first kappa shape index (κ1) is 22.3. The zero-order chi connectivity index (χ0) is 24.4. The molecular formula is C25H27N3O6. The number of aliphatic hydroxyl groups is 1. The molecule has 5 rings (SSSR count). The van der Waals surface area contributed by atoms with Crippen molar-refractivity contribution in [2.45, 2.75) is 38.8 Å². The van der Waals surface area contributed by atoms with Crippen LogP contribution in [-0.2, 0) is 23.2 Å². The molecule has 9 heteroatoms. The van der Waals surface area contributed by atoms with Gasteiger partial charge in [-0.2, -0.15) is 0 Å². The maximum Gasteiger partial charge on any atom is 0.347 e. The van der Waals surface area contributed by atoms with E-state index in [1.165, 1.54) is 22.5 Å². The van der Waals surface area contributed by atoms with Crippen molar-refractivity contribution >= 4 is 11.6 Å². The predicted octanol–water partition coefficient (Wildman–Crippen LogP) is 1.11. The van der Waals surface area contributed by atoms with E-state index in [0.717, 1.165) is 15.7 Å². The smallest absolute Gasteiger partial charge is 0.347 e. The summed E-state index contributed by atoms with van der Waals surface area (Å²) < 4.78 is 9.41. The number of carbonyl (C=O) groups is 2. The molecule has 0 radical (unpaired) electrons. The van der Waals surface area contributed by atoms with Gasteiger partial charge in [0.25, 0.3) is 0 Å². The molecule has 34 heavy (non-hydrogen) atoms. The molecule has 3 aliphatic rings. The highest BCUT2D eigenvalue weighted by molar-refractivity contribution is 6.13. The molecule has 1 saturated carbocycles. The lowest BCUT2D eigenvalue weighted by molar-refractivity contribution is -0.139. The summed E-state index contributed by atoms with van der Waals surface area (Å²) in [6.07, 6.45) is 3.61. The Morgan fingerprint density at radius 1 is 1.12 bits per heavy atom. The third-order valence-electron chi connectivity index (χ3n) is 7.67. The second kappa shape index (κ2) is 7.80. The van der Waals surface area contributed by atoms with Gasteiger partial charge in [-0.15, -0.1) is 0 Å². The van der Waals surface area contributed by atoms with Crippen LogP contribution in [0.25, 0.3) is 0 Å². The first-order valence-electron chi connectivity index (χ1n) is 11.4. The van der Waals surface area contributed by atoms with Crippen molar-refractivity contribution in [1.82, 2.24) is 13.9 Å². The van der Waals surface area contributed by atoms with Crippen LogP contribution in [0.3, 0.4) is 0 Å². The number of benzene rings is 1. The molecule has 0 amide bonds. The molecule has 2 heterocycles. The summed E-state index contributed by atoms with van der Waals surface area (Å²) in [5.74, 6) is -0.714. The number of allylic oxidation sites excluding steroid dienone is 4. The van der Waals surface area contributed by atoms with Crippen LogP contribution < -0.4 is 16.1 Å². The van der Waals surface area contributed by atoms with Gasteiger partial charge in [-0.25, -0.2) is 23.5 Å². The number of aromatic nitrogens is 3.